The van der Waals surface area contributed by atoms with Gasteiger partial charge in [0.05, 0.1) is 17.3 Å². The molecule has 34 heavy (non-hydrogen) atoms. The molecule has 0 amide bonds. The number of hydrogen-bond acceptors (Lipinski definition) is 6. The van der Waals surface area contributed by atoms with E-state index in [-0.39, 0.29) is 11.9 Å². The quantitative estimate of drug-likeness (QED) is 0.356. The van der Waals surface area contributed by atoms with Crippen molar-refractivity contribution >= 4 is 28.0 Å². The van der Waals surface area contributed by atoms with Gasteiger partial charge >= 0.3 is 0 Å². The van der Waals surface area contributed by atoms with Gasteiger partial charge in [-0.25, -0.2) is 4.98 Å². The monoisotopic (exact) mass is 477 g/mol. The summed E-state index contributed by atoms with van der Waals surface area (Å²) in [6.07, 6.45) is 9.82. The first-order valence-electron chi connectivity index (χ1n) is 12.8. The molecule has 5 rings (SSSR count). The van der Waals surface area contributed by atoms with Crippen molar-refractivity contribution < 1.29 is 9.53 Å². The predicted molar refractivity (Wildman–Crippen MR) is 138 cm³/mol. The fourth-order valence-electron chi connectivity index (χ4n) is 5.48. The summed E-state index contributed by atoms with van der Waals surface area (Å²) in [5.41, 5.74) is 2.96. The average molecular weight is 478 g/mol. The van der Waals surface area contributed by atoms with Gasteiger partial charge in [0.15, 0.2) is 5.78 Å². The molecule has 0 saturated heterocycles. The highest BCUT2D eigenvalue weighted by Crippen LogP contribution is 2.35. The Morgan fingerprint density at radius 2 is 1.97 bits per heavy atom. The Bertz CT molecular complexity index is 1130. The van der Waals surface area contributed by atoms with Crippen LogP contribution in [0.3, 0.4) is 0 Å². The summed E-state index contributed by atoms with van der Waals surface area (Å²) in [4.78, 5) is 26.2. The maximum Gasteiger partial charge on any atom is 0.273 e. The van der Waals surface area contributed by atoms with Crippen molar-refractivity contribution in [1.82, 2.24) is 14.9 Å². The van der Waals surface area contributed by atoms with Crippen molar-refractivity contribution in [2.75, 3.05) is 13.1 Å². The van der Waals surface area contributed by atoms with Gasteiger partial charge < -0.3 is 4.74 Å². The zero-order valence-electron chi connectivity index (χ0n) is 20.3. The van der Waals surface area contributed by atoms with E-state index in [0.717, 1.165) is 53.6 Å². The number of rotatable bonds is 8. The molecule has 5 nitrogen and oxygen atoms in total. The SMILES string of the molecule is CC(C)Oc1nc2c(s1)CCN(CCC1CCC(CC(=O)c3cccc4ncccc34)CC1)C2. The van der Waals surface area contributed by atoms with Crippen LogP contribution in [0.2, 0.25) is 0 Å². The highest BCUT2D eigenvalue weighted by Gasteiger charge is 2.26. The Hall–Kier alpha value is -2.31. The van der Waals surface area contributed by atoms with Gasteiger partial charge in [-0.3, -0.25) is 14.7 Å². The van der Waals surface area contributed by atoms with Crippen LogP contribution in [0.1, 0.15) is 73.3 Å². The number of fused-ring (bicyclic) bond motifs is 2. The summed E-state index contributed by atoms with van der Waals surface area (Å²) in [6.45, 7) is 7.34. The molecule has 1 fully saturated rings. The smallest absolute Gasteiger partial charge is 0.273 e. The molecular weight excluding hydrogens is 442 g/mol. The molecule has 6 heteroatoms. The van der Waals surface area contributed by atoms with E-state index in [0.29, 0.717) is 12.3 Å². The summed E-state index contributed by atoms with van der Waals surface area (Å²) in [5.74, 6) is 1.57. The van der Waals surface area contributed by atoms with Gasteiger partial charge in [0.25, 0.3) is 5.19 Å². The van der Waals surface area contributed by atoms with Crippen LogP contribution >= 0.6 is 11.3 Å². The standard InChI is InChI=1S/C28H35N3O2S/c1-19(2)33-28-30-25-18-31(16-13-27(25)34-28)15-12-20-8-10-21(11-9-20)17-26(32)23-5-3-7-24-22(23)6-4-14-29-24/h3-7,14,19-21H,8-13,15-18H2,1-2H3. The normalized spacial score (nSPS) is 21.0. The molecule has 3 aromatic rings. The van der Waals surface area contributed by atoms with E-state index >= 15 is 0 Å². The highest BCUT2D eigenvalue weighted by molar-refractivity contribution is 7.13. The molecule has 180 valence electrons. The minimum atomic E-state index is 0.179. The molecular formula is C28H35N3O2S. The third-order valence-corrected chi connectivity index (χ3v) is 8.41. The van der Waals surface area contributed by atoms with E-state index in [1.165, 1.54) is 42.7 Å². The molecule has 1 aromatic carbocycles. The average Bonchev–Trinajstić information content (AvgIpc) is 3.24. The predicted octanol–water partition coefficient (Wildman–Crippen LogP) is 6.31. The van der Waals surface area contributed by atoms with E-state index in [1.54, 1.807) is 17.5 Å². The molecule has 0 N–H and O–H groups in total. The second-order valence-corrected chi connectivity index (χ2v) is 11.3. The lowest BCUT2D eigenvalue weighted by atomic mass is 9.78. The molecule has 2 aliphatic rings. The molecule has 3 heterocycles. The number of aromatic nitrogens is 2. The fraction of sp³-hybridized carbons (Fsp3) is 0.536. The summed E-state index contributed by atoms with van der Waals surface area (Å²) >= 11 is 1.72. The van der Waals surface area contributed by atoms with Crippen LogP contribution in [-0.4, -0.2) is 39.8 Å². The molecule has 1 aliphatic heterocycles. The number of carbonyl (C=O) groups excluding carboxylic acids is 1. The van der Waals surface area contributed by atoms with Gasteiger partial charge in [-0.2, -0.15) is 0 Å². The largest absolute Gasteiger partial charge is 0.467 e. The van der Waals surface area contributed by atoms with E-state index in [1.807, 2.05) is 30.3 Å². The second-order valence-electron chi connectivity index (χ2n) is 10.2. The Balaban J connectivity index is 1.08. The lowest BCUT2D eigenvalue weighted by molar-refractivity contribution is 0.0941. The van der Waals surface area contributed by atoms with E-state index in [4.69, 9.17) is 9.72 Å². The second kappa shape index (κ2) is 10.5. The van der Waals surface area contributed by atoms with Crippen LogP contribution in [0.15, 0.2) is 36.5 Å². The van der Waals surface area contributed by atoms with Crippen LogP contribution in [0.5, 0.6) is 5.19 Å². The number of ether oxygens (including phenoxy) is 1. The van der Waals surface area contributed by atoms with Crippen LogP contribution in [0, 0.1) is 11.8 Å². The topological polar surface area (TPSA) is 55.3 Å². The van der Waals surface area contributed by atoms with E-state index in [9.17, 15) is 4.79 Å². The number of carbonyl (C=O) groups is 1. The van der Waals surface area contributed by atoms with Crippen molar-refractivity contribution in [2.45, 2.75) is 71.4 Å². The number of hydrogen-bond donors (Lipinski definition) is 0. The Kier molecular flexibility index (Phi) is 7.26. The van der Waals surface area contributed by atoms with Crippen molar-refractivity contribution in [3.63, 3.8) is 0 Å². The number of pyridine rings is 1. The van der Waals surface area contributed by atoms with E-state index < -0.39 is 0 Å². The molecule has 0 unspecified atom stereocenters. The van der Waals surface area contributed by atoms with Gasteiger partial charge in [0.1, 0.15) is 0 Å². The third-order valence-electron chi connectivity index (χ3n) is 7.36. The molecule has 2 aromatic heterocycles. The minimum Gasteiger partial charge on any atom is -0.467 e. The lowest BCUT2D eigenvalue weighted by Gasteiger charge is -2.31. The van der Waals surface area contributed by atoms with Gasteiger partial charge in [0.2, 0.25) is 0 Å². The number of ketones is 1. The minimum absolute atomic E-state index is 0.179. The number of thiazole rings is 1. The van der Waals surface area contributed by atoms with Crippen LogP contribution < -0.4 is 4.74 Å². The fourth-order valence-corrected chi connectivity index (χ4v) is 6.51. The third kappa shape index (κ3) is 5.49. The van der Waals surface area contributed by atoms with Gasteiger partial charge in [-0.1, -0.05) is 42.4 Å². The van der Waals surface area contributed by atoms with Gasteiger partial charge in [-0.15, -0.1) is 0 Å². The highest BCUT2D eigenvalue weighted by atomic mass is 32.1. The van der Waals surface area contributed by atoms with Gasteiger partial charge in [-0.05, 0) is 70.0 Å². The Morgan fingerprint density at radius 3 is 2.79 bits per heavy atom. The Labute approximate surface area is 206 Å². The summed E-state index contributed by atoms with van der Waals surface area (Å²) in [5, 5.41) is 1.81. The maximum atomic E-state index is 13.1. The van der Waals surface area contributed by atoms with Crippen molar-refractivity contribution in [3.05, 3.63) is 52.7 Å². The van der Waals surface area contributed by atoms with E-state index in [2.05, 4.69) is 23.7 Å². The molecule has 0 spiro atoms. The first-order chi connectivity index (χ1) is 16.5. The van der Waals surface area contributed by atoms with Crippen molar-refractivity contribution in [2.24, 2.45) is 11.8 Å². The lowest BCUT2D eigenvalue weighted by Crippen LogP contribution is -2.32. The molecule has 0 radical (unpaired) electrons. The number of Topliss-reactive ketones (excluding diaryl/α,β-unsaturated/α-hetero) is 1. The van der Waals surface area contributed by atoms with Crippen LogP contribution in [0.4, 0.5) is 0 Å². The van der Waals surface area contributed by atoms with Gasteiger partial charge in [0, 0.05) is 41.5 Å². The zero-order chi connectivity index (χ0) is 23.5. The number of nitrogens with zero attached hydrogens (tertiary/aromatic N) is 3. The molecule has 1 saturated carbocycles. The molecule has 1 aliphatic carbocycles. The summed E-state index contributed by atoms with van der Waals surface area (Å²) < 4.78 is 5.81. The van der Waals surface area contributed by atoms with Crippen molar-refractivity contribution in [1.29, 1.82) is 0 Å². The Morgan fingerprint density at radius 1 is 1.15 bits per heavy atom. The van der Waals surface area contributed by atoms with Crippen LogP contribution in [0.25, 0.3) is 10.9 Å². The zero-order valence-corrected chi connectivity index (χ0v) is 21.2. The maximum absolute atomic E-state index is 13.1. The van der Waals surface area contributed by atoms with Crippen molar-refractivity contribution in [3.8, 4) is 5.19 Å². The van der Waals surface area contributed by atoms with Crippen LogP contribution in [-0.2, 0) is 13.0 Å². The molecule has 0 atom stereocenters. The molecule has 0 bridgehead atoms. The number of benzene rings is 1. The summed E-state index contributed by atoms with van der Waals surface area (Å²) in [6, 6.07) is 9.82. The first kappa shape index (κ1) is 23.4. The first-order valence-corrected chi connectivity index (χ1v) is 13.6. The summed E-state index contributed by atoms with van der Waals surface area (Å²) in [7, 11) is 0.